The molecule has 0 heterocycles. The molecule has 0 fully saturated rings. The quantitative estimate of drug-likeness (QED) is 0.643. The van der Waals surface area contributed by atoms with Crippen LogP contribution in [0.1, 0.15) is 20.8 Å². The topological polar surface area (TPSA) is 72.2 Å². The third-order valence-electron chi connectivity index (χ3n) is 1.20. The minimum atomic E-state index is -1.16. The Labute approximate surface area is 81.7 Å². The highest BCUT2D eigenvalue weighted by Crippen LogP contribution is 1.99. The van der Waals surface area contributed by atoms with Gasteiger partial charge in [0.05, 0.1) is 0 Å². The lowest BCUT2D eigenvalue weighted by atomic mass is 10.1. The van der Waals surface area contributed by atoms with Crippen molar-refractivity contribution in [3.05, 3.63) is 0 Å². The molecule has 0 aromatic carbocycles. The lowest BCUT2D eigenvalue weighted by molar-refractivity contribution is -0.118. The summed E-state index contributed by atoms with van der Waals surface area (Å²) in [6.07, 6.45) is 0. The van der Waals surface area contributed by atoms with E-state index in [9.17, 15) is 9.00 Å². The molecule has 0 aliphatic rings. The van der Waals surface area contributed by atoms with Gasteiger partial charge >= 0.3 is 0 Å². The van der Waals surface area contributed by atoms with Crippen LogP contribution >= 0.6 is 0 Å². The van der Waals surface area contributed by atoms with E-state index in [0.29, 0.717) is 12.3 Å². The van der Waals surface area contributed by atoms with Crippen molar-refractivity contribution in [1.29, 1.82) is 0 Å². The number of nitrogens with one attached hydrogen (secondary N) is 1. The molecule has 1 unspecified atom stereocenters. The second-order valence-electron chi connectivity index (χ2n) is 3.67. The van der Waals surface area contributed by atoms with Crippen LogP contribution in [0.5, 0.6) is 0 Å². The normalized spacial score (nSPS) is 13.8. The van der Waals surface area contributed by atoms with Gasteiger partial charge in [-0.05, 0) is 20.8 Å². The van der Waals surface area contributed by atoms with Gasteiger partial charge < -0.3 is 11.1 Å². The molecule has 0 radical (unpaired) electrons. The molecular weight excluding hydrogens is 188 g/mol. The number of nitrogens with two attached hydrogens (primary N) is 1. The smallest absolute Gasteiger partial charge is 0.232 e. The summed E-state index contributed by atoms with van der Waals surface area (Å²) < 4.78 is 11.3. The molecule has 0 rings (SSSR count). The zero-order valence-corrected chi connectivity index (χ0v) is 9.24. The van der Waals surface area contributed by atoms with E-state index >= 15 is 0 Å². The molecule has 78 valence electrons. The molecule has 0 spiro atoms. The molecule has 5 heteroatoms. The number of hydrogen-bond donors (Lipinski definition) is 2. The van der Waals surface area contributed by atoms with Crippen molar-refractivity contribution in [3.8, 4) is 0 Å². The van der Waals surface area contributed by atoms with Gasteiger partial charge in [0.1, 0.15) is 5.75 Å². The third-order valence-corrected chi connectivity index (χ3v) is 2.85. The van der Waals surface area contributed by atoms with Gasteiger partial charge in [0.2, 0.25) is 5.91 Å². The van der Waals surface area contributed by atoms with Crippen molar-refractivity contribution in [1.82, 2.24) is 5.32 Å². The van der Waals surface area contributed by atoms with Crippen molar-refractivity contribution in [2.75, 3.05) is 18.1 Å². The molecule has 0 aliphatic carbocycles. The number of hydrogen-bond acceptors (Lipinski definition) is 3. The van der Waals surface area contributed by atoms with Gasteiger partial charge in [0, 0.05) is 28.6 Å². The molecule has 0 aromatic heterocycles. The van der Waals surface area contributed by atoms with Gasteiger partial charge in [-0.1, -0.05) is 0 Å². The van der Waals surface area contributed by atoms with Crippen LogP contribution in [0.15, 0.2) is 0 Å². The van der Waals surface area contributed by atoms with Crippen molar-refractivity contribution < 1.29 is 9.00 Å². The molecule has 3 N–H and O–H groups in total. The van der Waals surface area contributed by atoms with Crippen LogP contribution in [-0.4, -0.2) is 33.7 Å². The van der Waals surface area contributed by atoms with E-state index in [2.05, 4.69) is 5.32 Å². The van der Waals surface area contributed by atoms with Crippen molar-refractivity contribution in [3.63, 3.8) is 0 Å². The Bertz CT molecular complexity index is 199. The maximum Gasteiger partial charge on any atom is 0.232 e. The van der Waals surface area contributed by atoms with E-state index < -0.39 is 16.3 Å². The molecule has 1 atom stereocenters. The van der Waals surface area contributed by atoms with Crippen LogP contribution in [0, 0.1) is 0 Å². The zero-order chi connectivity index (χ0) is 10.5. The van der Waals surface area contributed by atoms with Crippen molar-refractivity contribution >= 4 is 16.7 Å². The fourth-order valence-corrected chi connectivity index (χ4v) is 2.19. The van der Waals surface area contributed by atoms with E-state index in [1.165, 1.54) is 0 Å². The predicted molar refractivity (Wildman–Crippen MR) is 54.8 cm³/mol. The maximum atomic E-state index is 11.3. The Kier molecular flexibility index (Phi) is 5.17. The first-order valence-electron chi connectivity index (χ1n) is 4.25. The fraction of sp³-hybridized carbons (Fsp3) is 0.875. The monoisotopic (exact) mass is 206 g/mol. The highest BCUT2D eigenvalue weighted by atomic mass is 32.2. The second kappa shape index (κ2) is 5.34. The maximum absolute atomic E-state index is 11.3. The van der Waals surface area contributed by atoms with Gasteiger partial charge in [-0.25, -0.2) is 0 Å². The number of carbonyl (C=O) groups is 1. The van der Waals surface area contributed by atoms with Gasteiger partial charge in [-0.3, -0.25) is 9.00 Å². The molecule has 0 bridgehead atoms. The Morgan fingerprint density at radius 2 is 2.08 bits per heavy atom. The van der Waals surface area contributed by atoms with Crippen molar-refractivity contribution in [2.45, 2.75) is 26.3 Å². The van der Waals surface area contributed by atoms with E-state index in [-0.39, 0.29) is 11.7 Å². The van der Waals surface area contributed by atoms with Crippen LogP contribution in [-0.2, 0) is 15.6 Å². The summed E-state index contributed by atoms with van der Waals surface area (Å²) in [5.74, 6) is 0.226. The predicted octanol–water partition coefficient (Wildman–Crippen LogP) is -0.391. The first-order chi connectivity index (χ1) is 5.85. The van der Waals surface area contributed by atoms with Crippen LogP contribution in [0.2, 0.25) is 0 Å². The Hall–Kier alpha value is -0.420. The minimum Gasteiger partial charge on any atom is -0.356 e. The van der Waals surface area contributed by atoms with Crippen LogP contribution in [0.3, 0.4) is 0 Å². The highest BCUT2D eigenvalue weighted by molar-refractivity contribution is 7.85. The summed E-state index contributed by atoms with van der Waals surface area (Å²) >= 11 is 0. The minimum absolute atomic E-state index is 0.0501. The molecule has 1 amide bonds. The SMILES string of the molecule is CCNC(=O)CS(=O)CC(C)(C)N. The van der Waals surface area contributed by atoms with Gasteiger partial charge in [-0.2, -0.15) is 0 Å². The summed E-state index contributed by atoms with van der Waals surface area (Å²) in [5.41, 5.74) is 5.19. The van der Waals surface area contributed by atoms with Gasteiger partial charge in [0.15, 0.2) is 0 Å². The lowest BCUT2D eigenvalue weighted by Gasteiger charge is -2.17. The van der Waals surface area contributed by atoms with Crippen LogP contribution in [0.4, 0.5) is 0 Å². The molecule has 0 saturated heterocycles. The summed E-state index contributed by atoms with van der Waals surface area (Å²) in [5, 5.41) is 2.59. The van der Waals surface area contributed by atoms with Crippen LogP contribution < -0.4 is 11.1 Å². The largest absolute Gasteiger partial charge is 0.356 e. The number of carbonyl (C=O) groups excluding carboxylic acids is 1. The molecule has 4 nitrogen and oxygen atoms in total. The number of rotatable bonds is 5. The highest BCUT2D eigenvalue weighted by Gasteiger charge is 2.16. The fourth-order valence-electron chi connectivity index (χ4n) is 0.860. The second-order valence-corrected chi connectivity index (χ2v) is 5.13. The summed E-state index contributed by atoms with van der Waals surface area (Å²) in [6.45, 7) is 5.99. The molecule has 0 aromatic rings. The van der Waals surface area contributed by atoms with Gasteiger partial charge in [0.25, 0.3) is 0 Å². The summed E-state index contributed by atoms with van der Waals surface area (Å²) in [4.78, 5) is 11.0. The lowest BCUT2D eigenvalue weighted by Crippen LogP contribution is -2.40. The van der Waals surface area contributed by atoms with E-state index in [4.69, 9.17) is 5.73 Å². The Morgan fingerprint density at radius 1 is 1.54 bits per heavy atom. The molecule has 13 heavy (non-hydrogen) atoms. The average Bonchev–Trinajstić information content (AvgIpc) is 1.81. The van der Waals surface area contributed by atoms with Crippen LogP contribution in [0.25, 0.3) is 0 Å². The zero-order valence-electron chi connectivity index (χ0n) is 8.42. The standard InChI is InChI=1S/C8H18N2O2S/c1-4-10-7(11)5-13(12)6-8(2,3)9/h4-6,9H2,1-3H3,(H,10,11). The third kappa shape index (κ3) is 7.93. The Balaban J connectivity index is 3.82. The summed E-state index contributed by atoms with van der Waals surface area (Å²) in [6, 6.07) is 0. The average molecular weight is 206 g/mol. The van der Waals surface area contributed by atoms with E-state index in [1.54, 1.807) is 13.8 Å². The summed E-state index contributed by atoms with van der Waals surface area (Å²) in [7, 11) is -1.16. The first-order valence-corrected chi connectivity index (χ1v) is 5.74. The van der Waals surface area contributed by atoms with E-state index in [0.717, 1.165) is 0 Å². The van der Waals surface area contributed by atoms with Gasteiger partial charge in [-0.15, -0.1) is 0 Å². The molecule has 0 aliphatic heterocycles. The number of amides is 1. The molecule has 0 saturated carbocycles. The first kappa shape index (κ1) is 12.6. The van der Waals surface area contributed by atoms with E-state index in [1.807, 2.05) is 6.92 Å². The Morgan fingerprint density at radius 3 is 2.46 bits per heavy atom. The molecular formula is C8H18N2O2S. The van der Waals surface area contributed by atoms with Crippen molar-refractivity contribution in [2.24, 2.45) is 5.73 Å².